The first kappa shape index (κ1) is 59.0. The van der Waals surface area contributed by atoms with Gasteiger partial charge in [0.15, 0.2) is 6.29 Å². The monoisotopic (exact) mass is 921 g/mol. The molecule has 0 aliphatic carbocycles. The summed E-state index contributed by atoms with van der Waals surface area (Å²) in [6.07, 6.45) is 47.2. The Morgan fingerprint density at radius 3 is 1.50 bits per heavy atom. The number of aliphatic hydroxyl groups is 3. The number of carbonyl (C=O) groups excluding carboxylic acids is 1. The van der Waals surface area contributed by atoms with E-state index in [1.165, 1.54) is 32.1 Å². The highest BCUT2D eigenvalue weighted by Crippen LogP contribution is 2.26. The predicted molar refractivity (Wildman–Crippen MR) is 257 cm³/mol. The summed E-state index contributed by atoms with van der Waals surface area (Å²) in [5.41, 5.74) is 0. The molecule has 0 bridgehead atoms. The van der Waals surface area contributed by atoms with Crippen molar-refractivity contribution in [1.82, 2.24) is 0 Å². The average Bonchev–Trinajstić information content (AvgIpc) is 3.27. The molecule has 12 nitrogen and oxygen atoms in total. The quantitative estimate of drug-likeness (QED) is 0.0198. The number of hydrogen-bond acceptors (Lipinski definition) is 11. The number of unbranched alkanes of at least 4 members (excludes halogenated alkanes) is 11. The van der Waals surface area contributed by atoms with Gasteiger partial charge >= 0.3 is 16.4 Å². The molecule has 0 radical (unpaired) electrons. The van der Waals surface area contributed by atoms with Crippen molar-refractivity contribution in [2.75, 3.05) is 26.4 Å². The number of ether oxygens (including phenoxy) is 4. The standard InChI is InChI=1S/C51H84O12S/c1-3-5-7-9-11-13-15-17-19-21-23-24-26-28-30-32-34-36-38-40-47(53)61-45(44-60-51-49(55)50(63-64(56,57)58)48(54)46(42-52)62-51)43-59-41-39-37-35-33-31-29-27-25-22-20-18-16-14-12-10-8-6-4-2/h5-8,11-14,17-20,23-24,28,30,45-46,48-52,54-55H,3-4,9-10,15-16,21-22,25-27,29,31-44H2,1-2H3,(H,56,57,58)/b7-5-,8-6-,13-11-,14-12-,19-17-,20-18-,24-23-,30-28-. The molecule has 0 amide bonds. The van der Waals surface area contributed by atoms with Crippen molar-refractivity contribution in [3.8, 4) is 0 Å². The second kappa shape index (κ2) is 41.5. The van der Waals surface area contributed by atoms with Crippen LogP contribution < -0.4 is 0 Å². The van der Waals surface area contributed by atoms with Crippen molar-refractivity contribution in [3.05, 3.63) is 97.2 Å². The summed E-state index contributed by atoms with van der Waals surface area (Å²) in [5, 5.41) is 30.7. The van der Waals surface area contributed by atoms with E-state index in [2.05, 4.69) is 115 Å². The minimum atomic E-state index is -5.08. The summed E-state index contributed by atoms with van der Waals surface area (Å²) in [6, 6.07) is 0. The minimum absolute atomic E-state index is 0.0106. The van der Waals surface area contributed by atoms with Gasteiger partial charge in [-0.25, -0.2) is 4.18 Å². The van der Waals surface area contributed by atoms with Crippen molar-refractivity contribution >= 4 is 16.4 Å². The van der Waals surface area contributed by atoms with Gasteiger partial charge in [-0.15, -0.1) is 0 Å². The highest BCUT2D eigenvalue weighted by Gasteiger charge is 2.48. The van der Waals surface area contributed by atoms with E-state index in [1.54, 1.807) is 0 Å². The van der Waals surface area contributed by atoms with Gasteiger partial charge in [0, 0.05) is 13.0 Å². The number of rotatable bonds is 40. The number of hydrogen-bond donors (Lipinski definition) is 4. The summed E-state index contributed by atoms with van der Waals surface area (Å²) in [7, 11) is -5.08. The number of allylic oxidation sites excluding steroid dienone is 16. The lowest BCUT2D eigenvalue weighted by Gasteiger charge is -2.41. The average molecular weight is 921 g/mol. The minimum Gasteiger partial charge on any atom is -0.457 e. The Bertz CT molecular complexity index is 1480. The maximum absolute atomic E-state index is 12.9. The fourth-order valence-corrected chi connectivity index (χ4v) is 7.16. The van der Waals surface area contributed by atoms with Crippen LogP contribution >= 0.6 is 0 Å². The summed E-state index contributed by atoms with van der Waals surface area (Å²) in [5.74, 6) is -0.437. The van der Waals surface area contributed by atoms with Crippen LogP contribution in [0.1, 0.15) is 155 Å². The zero-order valence-electron chi connectivity index (χ0n) is 39.0. The molecule has 0 aromatic rings. The lowest BCUT2D eigenvalue weighted by atomic mass is 9.99. The van der Waals surface area contributed by atoms with E-state index in [1.807, 2.05) is 0 Å². The van der Waals surface area contributed by atoms with E-state index in [4.69, 9.17) is 18.9 Å². The van der Waals surface area contributed by atoms with Crippen LogP contribution in [0.25, 0.3) is 0 Å². The lowest BCUT2D eigenvalue weighted by molar-refractivity contribution is -0.301. The second-order valence-electron chi connectivity index (χ2n) is 15.9. The molecule has 13 heteroatoms. The molecule has 6 unspecified atom stereocenters. The first-order valence-electron chi connectivity index (χ1n) is 24.0. The van der Waals surface area contributed by atoms with Gasteiger partial charge in [0.25, 0.3) is 0 Å². The van der Waals surface area contributed by atoms with Crippen LogP contribution in [0.3, 0.4) is 0 Å². The van der Waals surface area contributed by atoms with E-state index >= 15 is 0 Å². The molecule has 1 aliphatic rings. The molecular weight excluding hydrogens is 837 g/mol. The highest BCUT2D eigenvalue weighted by molar-refractivity contribution is 7.80. The molecule has 1 aliphatic heterocycles. The maximum atomic E-state index is 12.9. The van der Waals surface area contributed by atoms with Crippen LogP contribution in [-0.2, 0) is 38.3 Å². The van der Waals surface area contributed by atoms with Gasteiger partial charge < -0.3 is 34.3 Å². The van der Waals surface area contributed by atoms with Gasteiger partial charge in [-0.2, -0.15) is 8.42 Å². The van der Waals surface area contributed by atoms with Crippen molar-refractivity contribution in [1.29, 1.82) is 0 Å². The molecule has 0 saturated carbocycles. The predicted octanol–water partition coefficient (Wildman–Crippen LogP) is 10.6. The number of esters is 1. The largest absolute Gasteiger partial charge is 0.457 e. The van der Waals surface area contributed by atoms with Crippen molar-refractivity contribution in [3.63, 3.8) is 0 Å². The van der Waals surface area contributed by atoms with Crippen molar-refractivity contribution in [2.24, 2.45) is 0 Å². The Labute approximate surface area is 386 Å². The molecule has 0 spiro atoms. The fourth-order valence-electron chi connectivity index (χ4n) is 6.65. The molecule has 0 aromatic carbocycles. The van der Waals surface area contributed by atoms with Crippen LogP contribution in [0.4, 0.5) is 0 Å². The molecular formula is C51H84O12S. The molecule has 4 N–H and O–H groups in total. The highest BCUT2D eigenvalue weighted by atomic mass is 32.3. The van der Waals surface area contributed by atoms with Gasteiger partial charge in [-0.1, -0.05) is 156 Å². The number of aliphatic hydroxyl groups excluding tert-OH is 3. The Balaban J connectivity index is 2.44. The van der Waals surface area contributed by atoms with Crippen LogP contribution in [0.15, 0.2) is 97.2 Å². The molecule has 1 rings (SSSR count). The first-order valence-corrected chi connectivity index (χ1v) is 25.4. The SMILES string of the molecule is CC/C=C\C/C=C\C/C=C\C/C=C\C/C=C\CCCCCC(=O)OC(COCCCCCCCCCC/C=C\C/C=C\C/C=C\CC)COC1OC(CO)C(O)C(OS(=O)(=O)O)C1O. The normalized spacial score (nSPS) is 20.6. The van der Waals surface area contributed by atoms with Gasteiger partial charge in [-0.05, 0) is 89.9 Å². The van der Waals surface area contributed by atoms with Gasteiger partial charge in [-0.3, -0.25) is 9.35 Å². The van der Waals surface area contributed by atoms with Gasteiger partial charge in [0.05, 0.1) is 19.8 Å². The summed E-state index contributed by atoms with van der Waals surface area (Å²) in [4.78, 5) is 12.9. The maximum Gasteiger partial charge on any atom is 0.397 e. The smallest absolute Gasteiger partial charge is 0.397 e. The number of carbonyl (C=O) groups is 1. The van der Waals surface area contributed by atoms with Crippen LogP contribution in [-0.4, -0.2) is 97.5 Å². The topological polar surface area (TPSA) is 178 Å². The zero-order valence-corrected chi connectivity index (χ0v) is 39.9. The van der Waals surface area contributed by atoms with Gasteiger partial charge in [0.1, 0.15) is 30.5 Å². The summed E-state index contributed by atoms with van der Waals surface area (Å²) in [6.45, 7) is 3.69. The molecule has 0 aromatic heterocycles. The zero-order chi connectivity index (χ0) is 46.8. The van der Waals surface area contributed by atoms with Gasteiger partial charge in [0.2, 0.25) is 0 Å². The fraction of sp³-hybridized carbons (Fsp3) is 0.667. The lowest BCUT2D eigenvalue weighted by Crippen LogP contribution is -2.60. The van der Waals surface area contributed by atoms with Crippen molar-refractivity contribution < 1.29 is 56.2 Å². The van der Waals surface area contributed by atoms with E-state index < -0.39 is 59.8 Å². The van der Waals surface area contributed by atoms with Crippen LogP contribution in [0, 0.1) is 0 Å². The van der Waals surface area contributed by atoms with E-state index in [9.17, 15) is 33.1 Å². The Morgan fingerprint density at radius 2 is 1.03 bits per heavy atom. The first-order chi connectivity index (χ1) is 31.1. The Morgan fingerprint density at radius 1 is 0.594 bits per heavy atom. The Kier molecular flexibility index (Phi) is 38.2. The third-order valence-electron chi connectivity index (χ3n) is 10.2. The second-order valence-corrected chi connectivity index (χ2v) is 17.0. The van der Waals surface area contributed by atoms with Crippen molar-refractivity contribution in [2.45, 2.75) is 192 Å². The molecule has 366 valence electrons. The molecule has 1 saturated heterocycles. The van der Waals surface area contributed by atoms with E-state index in [0.29, 0.717) is 13.0 Å². The summed E-state index contributed by atoms with van der Waals surface area (Å²) < 4.78 is 59.1. The summed E-state index contributed by atoms with van der Waals surface area (Å²) >= 11 is 0. The molecule has 64 heavy (non-hydrogen) atoms. The van der Waals surface area contributed by atoms with Crippen LogP contribution in [0.5, 0.6) is 0 Å². The van der Waals surface area contributed by atoms with E-state index in [0.717, 1.165) is 96.3 Å². The van der Waals surface area contributed by atoms with Crippen LogP contribution in [0.2, 0.25) is 0 Å². The Hall–Kier alpha value is -2.98. The third kappa shape index (κ3) is 34.4. The molecule has 1 heterocycles. The molecule has 1 fully saturated rings. The van der Waals surface area contributed by atoms with E-state index in [-0.39, 0.29) is 19.6 Å². The third-order valence-corrected chi connectivity index (χ3v) is 10.7. The molecule has 6 atom stereocenters.